The molecule has 1 aliphatic rings. The van der Waals surface area contributed by atoms with E-state index in [1.54, 1.807) is 17.2 Å². The molecule has 2 heterocycles. The van der Waals surface area contributed by atoms with Crippen LogP contribution in [-0.4, -0.2) is 56.4 Å². The largest absolute Gasteiger partial charge is 0.325 e. The minimum Gasteiger partial charge on any atom is -0.325 e. The van der Waals surface area contributed by atoms with Crippen LogP contribution in [0.3, 0.4) is 0 Å². The number of ketones is 1. The lowest BCUT2D eigenvalue weighted by Gasteiger charge is -2.33. The number of carbonyl (C=O) groups excluding carboxylic acids is 3. The van der Waals surface area contributed by atoms with Gasteiger partial charge in [-0.1, -0.05) is 26.5 Å². The van der Waals surface area contributed by atoms with Crippen molar-refractivity contribution in [3.05, 3.63) is 43.0 Å². The summed E-state index contributed by atoms with van der Waals surface area (Å²) in [6.45, 7) is 8.60. The lowest BCUT2D eigenvalue weighted by Crippen LogP contribution is -2.48. The number of anilines is 1. The van der Waals surface area contributed by atoms with Crippen molar-refractivity contribution >= 4 is 29.3 Å². The summed E-state index contributed by atoms with van der Waals surface area (Å²) in [6.07, 6.45) is 5.81. The van der Waals surface area contributed by atoms with Gasteiger partial charge in [-0.3, -0.25) is 14.4 Å². The lowest BCUT2D eigenvalue weighted by atomic mass is 10.1. The van der Waals surface area contributed by atoms with Crippen LogP contribution in [0, 0.1) is 5.92 Å². The maximum absolute atomic E-state index is 12.4. The standard InChI is InChI=1S/C18H22N6O3/c1-5-14(13(4)25)8-23-10-17(27)24(22-18(23)12(2)3)9-16(26)21-15-6-7-19-11-20-15/h5-8,11-12H,1,9-10H2,2-4H3,(H,19,20,21,26)/b14-8+. The molecule has 9 nitrogen and oxygen atoms in total. The molecule has 0 saturated carbocycles. The second-order valence-electron chi connectivity index (χ2n) is 6.18. The number of nitrogens with zero attached hydrogens (tertiary/aromatic N) is 5. The maximum atomic E-state index is 12.4. The topological polar surface area (TPSA) is 108 Å². The first-order valence-electron chi connectivity index (χ1n) is 8.38. The van der Waals surface area contributed by atoms with Crippen LogP contribution in [0.4, 0.5) is 5.82 Å². The number of aromatic nitrogens is 2. The van der Waals surface area contributed by atoms with E-state index in [-0.39, 0.29) is 30.7 Å². The van der Waals surface area contributed by atoms with Crippen LogP contribution < -0.4 is 5.32 Å². The summed E-state index contributed by atoms with van der Waals surface area (Å²) in [4.78, 5) is 45.5. The zero-order chi connectivity index (χ0) is 20.0. The predicted molar refractivity (Wildman–Crippen MR) is 100 cm³/mol. The van der Waals surface area contributed by atoms with Gasteiger partial charge in [0, 0.05) is 23.9 Å². The number of allylic oxidation sites excluding steroid dienone is 2. The lowest BCUT2D eigenvalue weighted by molar-refractivity contribution is -0.135. The van der Waals surface area contributed by atoms with Gasteiger partial charge in [-0.25, -0.2) is 15.0 Å². The molecule has 0 aromatic carbocycles. The molecule has 2 rings (SSSR count). The van der Waals surface area contributed by atoms with Crippen LogP contribution in [0.2, 0.25) is 0 Å². The average molecular weight is 370 g/mol. The molecule has 0 spiro atoms. The highest BCUT2D eigenvalue weighted by atomic mass is 16.2. The fourth-order valence-corrected chi connectivity index (χ4v) is 2.37. The van der Waals surface area contributed by atoms with Gasteiger partial charge in [0.2, 0.25) is 5.91 Å². The number of hydrogen-bond acceptors (Lipinski definition) is 7. The van der Waals surface area contributed by atoms with Crippen LogP contribution in [0.5, 0.6) is 0 Å². The molecule has 0 radical (unpaired) electrons. The number of rotatable bonds is 7. The van der Waals surface area contributed by atoms with Crippen molar-refractivity contribution in [1.29, 1.82) is 0 Å². The molecule has 0 unspecified atom stereocenters. The molecule has 0 atom stereocenters. The van der Waals surface area contributed by atoms with Crippen LogP contribution in [-0.2, 0) is 14.4 Å². The van der Waals surface area contributed by atoms with Gasteiger partial charge in [-0.2, -0.15) is 5.10 Å². The molecular weight excluding hydrogens is 348 g/mol. The highest BCUT2D eigenvalue weighted by Gasteiger charge is 2.29. The summed E-state index contributed by atoms with van der Waals surface area (Å²) in [5.41, 5.74) is 0.381. The molecule has 0 fully saturated rings. The van der Waals surface area contributed by atoms with Crippen molar-refractivity contribution in [1.82, 2.24) is 19.9 Å². The third kappa shape index (κ3) is 5.30. The van der Waals surface area contributed by atoms with E-state index >= 15 is 0 Å². The Balaban J connectivity index is 2.19. The Labute approximate surface area is 157 Å². The van der Waals surface area contributed by atoms with Crippen LogP contribution in [0.25, 0.3) is 0 Å². The number of amidine groups is 1. The average Bonchev–Trinajstić information content (AvgIpc) is 2.61. The number of hydrogen-bond donors (Lipinski definition) is 1. The van der Waals surface area contributed by atoms with Crippen molar-refractivity contribution in [3.63, 3.8) is 0 Å². The molecule has 1 aromatic rings. The van der Waals surface area contributed by atoms with Crippen molar-refractivity contribution < 1.29 is 14.4 Å². The smallest absolute Gasteiger partial charge is 0.263 e. The SMILES string of the molecule is C=C/C(=C\N1CC(=O)N(CC(=O)Nc2ccncn2)N=C1C(C)C)C(C)=O. The fourth-order valence-electron chi connectivity index (χ4n) is 2.37. The Hall–Kier alpha value is -3.36. The Kier molecular flexibility index (Phi) is 6.53. The van der Waals surface area contributed by atoms with Crippen molar-refractivity contribution in [2.75, 3.05) is 18.4 Å². The number of Topliss-reactive ketones (excluding diaryl/α,β-unsaturated/α-hetero) is 1. The molecule has 0 aliphatic carbocycles. The minimum absolute atomic E-state index is 0.0254. The minimum atomic E-state index is -0.423. The summed E-state index contributed by atoms with van der Waals surface area (Å²) < 4.78 is 0. The quantitative estimate of drug-likeness (QED) is 0.570. The highest BCUT2D eigenvalue weighted by Crippen LogP contribution is 2.15. The molecule has 142 valence electrons. The Bertz CT molecular complexity index is 801. The molecule has 0 bridgehead atoms. The number of hydrazone groups is 1. The number of nitrogens with one attached hydrogen (secondary N) is 1. The molecule has 1 aliphatic heterocycles. The van der Waals surface area contributed by atoms with Gasteiger partial charge in [0.15, 0.2) is 5.78 Å². The van der Waals surface area contributed by atoms with Gasteiger partial charge >= 0.3 is 0 Å². The Morgan fingerprint density at radius 2 is 2.15 bits per heavy atom. The molecule has 2 amide bonds. The molecule has 0 saturated heterocycles. The Morgan fingerprint density at radius 3 is 2.70 bits per heavy atom. The number of carbonyl (C=O) groups is 3. The van der Waals surface area contributed by atoms with Gasteiger partial charge in [-0.05, 0) is 13.0 Å². The summed E-state index contributed by atoms with van der Waals surface area (Å²) >= 11 is 0. The van der Waals surface area contributed by atoms with Gasteiger partial charge < -0.3 is 10.2 Å². The molecule has 9 heteroatoms. The summed E-state index contributed by atoms with van der Waals surface area (Å²) in [6, 6.07) is 1.55. The van der Waals surface area contributed by atoms with Crippen molar-refractivity contribution in [2.24, 2.45) is 11.0 Å². The van der Waals surface area contributed by atoms with Gasteiger partial charge in [0.1, 0.15) is 31.1 Å². The first-order chi connectivity index (χ1) is 12.8. The van der Waals surface area contributed by atoms with E-state index in [1.807, 2.05) is 13.8 Å². The van der Waals surface area contributed by atoms with Gasteiger partial charge in [0.25, 0.3) is 5.91 Å². The van der Waals surface area contributed by atoms with E-state index in [9.17, 15) is 14.4 Å². The second-order valence-corrected chi connectivity index (χ2v) is 6.18. The van der Waals surface area contributed by atoms with Gasteiger partial charge in [0.05, 0.1) is 0 Å². The number of amides is 2. The van der Waals surface area contributed by atoms with E-state index < -0.39 is 5.91 Å². The predicted octanol–water partition coefficient (Wildman–Crippen LogP) is 1.19. The van der Waals surface area contributed by atoms with E-state index in [2.05, 4.69) is 27.0 Å². The second kappa shape index (κ2) is 8.84. The van der Waals surface area contributed by atoms with Crippen LogP contribution in [0.15, 0.2) is 48.1 Å². The van der Waals surface area contributed by atoms with E-state index in [4.69, 9.17) is 0 Å². The van der Waals surface area contributed by atoms with Crippen molar-refractivity contribution in [2.45, 2.75) is 20.8 Å². The monoisotopic (exact) mass is 370 g/mol. The normalized spacial score (nSPS) is 14.9. The zero-order valence-corrected chi connectivity index (χ0v) is 15.5. The van der Waals surface area contributed by atoms with E-state index in [0.717, 1.165) is 5.01 Å². The van der Waals surface area contributed by atoms with Crippen LogP contribution in [0.1, 0.15) is 20.8 Å². The highest BCUT2D eigenvalue weighted by molar-refractivity contribution is 5.99. The molecular formula is C18H22N6O3. The molecule has 27 heavy (non-hydrogen) atoms. The van der Waals surface area contributed by atoms with E-state index in [0.29, 0.717) is 17.2 Å². The summed E-state index contributed by atoms with van der Waals surface area (Å²) in [7, 11) is 0. The fraction of sp³-hybridized carbons (Fsp3) is 0.333. The summed E-state index contributed by atoms with van der Waals surface area (Å²) in [5, 5.41) is 8.02. The zero-order valence-electron chi connectivity index (χ0n) is 15.5. The summed E-state index contributed by atoms with van der Waals surface area (Å²) in [5.74, 6) is -0.0555. The molecule has 1 aromatic heterocycles. The van der Waals surface area contributed by atoms with Crippen LogP contribution >= 0.6 is 0 Å². The molecule has 1 N–H and O–H groups in total. The third-order valence-electron chi connectivity index (χ3n) is 3.69. The van der Waals surface area contributed by atoms with Crippen molar-refractivity contribution in [3.8, 4) is 0 Å². The first-order valence-corrected chi connectivity index (χ1v) is 8.38. The first kappa shape index (κ1) is 20.0. The maximum Gasteiger partial charge on any atom is 0.263 e. The van der Waals surface area contributed by atoms with E-state index in [1.165, 1.54) is 25.5 Å². The van der Waals surface area contributed by atoms with Gasteiger partial charge in [-0.15, -0.1) is 0 Å². The Morgan fingerprint density at radius 1 is 1.41 bits per heavy atom. The third-order valence-corrected chi connectivity index (χ3v) is 3.69.